The third-order valence-corrected chi connectivity index (χ3v) is 2.62. The average molecular weight is 244 g/mol. The fourth-order valence-corrected chi connectivity index (χ4v) is 1.78. The van der Waals surface area contributed by atoms with Crippen molar-refractivity contribution in [2.75, 3.05) is 25.3 Å². The summed E-state index contributed by atoms with van der Waals surface area (Å²) in [4.78, 5) is 17.6. The zero-order valence-electron chi connectivity index (χ0n) is 8.58. The molecule has 0 saturated carbocycles. The molecule has 5 nitrogen and oxygen atoms in total. The average Bonchev–Trinajstić information content (AvgIpc) is 2.55. The van der Waals surface area contributed by atoms with E-state index in [9.17, 15) is 0 Å². The van der Waals surface area contributed by atoms with Crippen LogP contribution in [0.15, 0.2) is 5.16 Å². The maximum atomic E-state index is 5.80. The Hall–Kier alpha value is -1.01. The molecule has 2 aromatic rings. The summed E-state index contributed by atoms with van der Waals surface area (Å²) in [6.07, 6.45) is 1.93. The van der Waals surface area contributed by atoms with Gasteiger partial charge < -0.3 is 9.88 Å². The van der Waals surface area contributed by atoms with Gasteiger partial charge in [-0.25, -0.2) is 9.97 Å². The molecule has 0 fully saturated rings. The summed E-state index contributed by atoms with van der Waals surface area (Å²) >= 11 is 7.27. The SMILES string of the molecule is CSc1nc(N(C)C)c2[nH]c(Cl)nc2n1. The highest BCUT2D eigenvalue weighted by Crippen LogP contribution is 2.24. The van der Waals surface area contributed by atoms with Crippen LogP contribution >= 0.6 is 23.4 Å². The van der Waals surface area contributed by atoms with E-state index in [0.717, 1.165) is 11.3 Å². The van der Waals surface area contributed by atoms with Crippen LogP contribution in [0.25, 0.3) is 11.2 Å². The van der Waals surface area contributed by atoms with E-state index in [2.05, 4.69) is 19.9 Å². The quantitative estimate of drug-likeness (QED) is 0.495. The van der Waals surface area contributed by atoms with Gasteiger partial charge in [-0.05, 0) is 17.9 Å². The van der Waals surface area contributed by atoms with Gasteiger partial charge >= 0.3 is 0 Å². The van der Waals surface area contributed by atoms with Gasteiger partial charge in [-0.1, -0.05) is 11.8 Å². The molecule has 7 heteroatoms. The second-order valence-corrected chi connectivity index (χ2v) is 4.29. The Morgan fingerprint density at radius 3 is 2.60 bits per heavy atom. The van der Waals surface area contributed by atoms with E-state index in [-0.39, 0.29) is 0 Å². The first kappa shape index (κ1) is 10.5. The Balaban J connectivity index is 2.73. The molecule has 0 aromatic carbocycles. The van der Waals surface area contributed by atoms with Crippen molar-refractivity contribution in [1.82, 2.24) is 19.9 Å². The molecule has 2 rings (SSSR count). The van der Waals surface area contributed by atoms with E-state index in [4.69, 9.17) is 11.6 Å². The lowest BCUT2D eigenvalue weighted by Gasteiger charge is -2.11. The van der Waals surface area contributed by atoms with Crippen LogP contribution in [0.5, 0.6) is 0 Å². The summed E-state index contributed by atoms with van der Waals surface area (Å²) in [6.45, 7) is 0. The zero-order chi connectivity index (χ0) is 11.0. The number of hydrogen-bond acceptors (Lipinski definition) is 5. The number of thioether (sulfide) groups is 1. The Morgan fingerprint density at radius 2 is 2.00 bits per heavy atom. The molecule has 0 aliphatic heterocycles. The number of halogens is 1. The third-order valence-electron chi connectivity index (χ3n) is 1.89. The predicted molar refractivity (Wildman–Crippen MR) is 62.8 cm³/mol. The van der Waals surface area contributed by atoms with Crippen LogP contribution < -0.4 is 4.90 Å². The van der Waals surface area contributed by atoms with Crippen LogP contribution in [-0.4, -0.2) is 40.3 Å². The topological polar surface area (TPSA) is 57.7 Å². The number of fused-ring (bicyclic) bond motifs is 1. The monoisotopic (exact) mass is 243 g/mol. The van der Waals surface area contributed by atoms with Crippen molar-refractivity contribution in [1.29, 1.82) is 0 Å². The van der Waals surface area contributed by atoms with Crippen molar-refractivity contribution in [3.63, 3.8) is 0 Å². The highest BCUT2D eigenvalue weighted by atomic mass is 35.5. The van der Waals surface area contributed by atoms with E-state index < -0.39 is 0 Å². The second kappa shape index (κ2) is 3.86. The molecule has 2 heterocycles. The molecule has 0 amide bonds. The number of nitrogens with zero attached hydrogens (tertiary/aromatic N) is 4. The number of hydrogen-bond donors (Lipinski definition) is 1. The molecular weight excluding hydrogens is 234 g/mol. The van der Waals surface area contributed by atoms with Crippen molar-refractivity contribution in [3.8, 4) is 0 Å². The summed E-state index contributed by atoms with van der Waals surface area (Å²) in [5.41, 5.74) is 1.37. The van der Waals surface area contributed by atoms with Gasteiger partial charge in [-0.15, -0.1) is 0 Å². The van der Waals surface area contributed by atoms with E-state index >= 15 is 0 Å². The minimum absolute atomic E-state index is 0.334. The zero-order valence-corrected chi connectivity index (χ0v) is 10.1. The highest BCUT2D eigenvalue weighted by molar-refractivity contribution is 7.98. The summed E-state index contributed by atoms with van der Waals surface area (Å²) < 4.78 is 0. The molecular formula is C8H10ClN5S. The molecule has 15 heavy (non-hydrogen) atoms. The van der Waals surface area contributed by atoms with Crippen molar-refractivity contribution < 1.29 is 0 Å². The molecule has 0 radical (unpaired) electrons. The van der Waals surface area contributed by atoms with E-state index in [1.165, 1.54) is 11.8 Å². The lowest BCUT2D eigenvalue weighted by Crippen LogP contribution is -2.12. The van der Waals surface area contributed by atoms with Crippen LogP contribution in [0.3, 0.4) is 0 Å². The highest BCUT2D eigenvalue weighted by Gasteiger charge is 2.12. The molecule has 0 saturated heterocycles. The third kappa shape index (κ3) is 1.87. The number of rotatable bonds is 2. The molecule has 2 aromatic heterocycles. The molecule has 0 bridgehead atoms. The van der Waals surface area contributed by atoms with E-state index in [1.54, 1.807) is 0 Å². The smallest absolute Gasteiger partial charge is 0.202 e. The van der Waals surface area contributed by atoms with Crippen molar-refractivity contribution in [2.24, 2.45) is 0 Å². The van der Waals surface area contributed by atoms with Gasteiger partial charge in [0, 0.05) is 14.1 Å². The molecule has 1 N–H and O–H groups in total. The largest absolute Gasteiger partial charge is 0.361 e. The van der Waals surface area contributed by atoms with Crippen LogP contribution in [0, 0.1) is 0 Å². The van der Waals surface area contributed by atoms with Gasteiger partial charge in [0.1, 0.15) is 5.52 Å². The Labute approximate surface area is 96.3 Å². The van der Waals surface area contributed by atoms with E-state index in [0.29, 0.717) is 16.1 Å². The Bertz CT molecular complexity index is 495. The molecule has 0 unspecified atom stereocenters. The standard InChI is InChI=1S/C8H10ClN5S/c1-14(2)6-4-5(11-7(9)10-4)12-8(13-6)15-3/h1-3H3,(H,10,11,12,13). The van der Waals surface area contributed by atoms with Gasteiger partial charge in [-0.3, -0.25) is 0 Å². The minimum Gasteiger partial charge on any atom is -0.361 e. The molecule has 0 aliphatic rings. The van der Waals surface area contributed by atoms with Gasteiger partial charge in [0.25, 0.3) is 0 Å². The fourth-order valence-electron chi connectivity index (χ4n) is 1.25. The van der Waals surface area contributed by atoms with Gasteiger partial charge in [0.05, 0.1) is 0 Å². The maximum Gasteiger partial charge on any atom is 0.202 e. The van der Waals surface area contributed by atoms with Crippen LogP contribution in [0.2, 0.25) is 5.28 Å². The maximum absolute atomic E-state index is 5.80. The molecule has 80 valence electrons. The number of nitrogens with one attached hydrogen (secondary N) is 1. The molecule has 0 aliphatic carbocycles. The lowest BCUT2D eigenvalue weighted by atomic mass is 10.5. The van der Waals surface area contributed by atoms with Gasteiger partial charge in [0.15, 0.2) is 16.6 Å². The summed E-state index contributed by atoms with van der Waals surface area (Å²) in [5, 5.41) is 1.02. The number of aromatic nitrogens is 4. The molecule has 0 atom stereocenters. The predicted octanol–water partition coefficient (Wildman–Crippen LogP) is 1.79. The van der Waals surface area contributed by atoms with Crippen molar-refractivity contribution in [3.05, 3.63) is 5.28 Å². The van der Waals surface area contributed by atoms with Crippen molar-refractivity contribution >= 4 is 40.3 Å². The Morgan fingerprint density at radius 1 is 1.27 bits per heavy atom. The van der Waals surface area contributed by atoms with Crippen LogP contribution in [0.1, 0.15) is 0 Å². The number of aromatic amines is 1. The Kier molecular flexibility index (Phi) is 2.70. The normalized spacial score (nSPS) is 10.9. The minimum atomic E-state index is 0.334. The fraction of sp³-hybridized carbons (Fsp3) is 0.375. The first-order valence-corrected chi connectivity index (χ1v) is 5.86. The van der Waals surface area contributed by atoms with E-state index in [1.807, 2.05) is 25.3 Å². The molecule has 0 spiro atoms. The van der Waals surface area contributed by atoms with Crippen LogP contribution in [-0.2, 0) is 0 Å². The van der Waals surface area contributed by atoms with Gasteiger partial charge in [0.2, 0.25) is 5.28 Å². The second-order valence-electron chi connectivity index (χ2n) is 3.15. The first-order chi connectivity index (χ1) is 7.11. The summed E-state index contributed by atoms with van der Waals surface area (Å²) in [6, 6.07) is 0. The first-order valence-electron chi connectivity index (χ1n) is 4.26. The number of H-pyrrole nitrogens is 1. The van der Waals surface area contributed by atoms with Crippen LogP contribution in [0.4, 0.5) is 5.82 Å². The summed E-state index contributed by atoms with van der Waals surface area (Å²) in [5.74, 6) is 0.795. The summed E-state index contributed by atoms with van der Waals surface area (Å²) in [7, 11) is 3.83. The van der Waals surface area contributed by atoms with Gasteiger partial charge in [-0.2, -0.15) is 4.98 Å². The van der Waals surface area contributed by atoms with Crippen molar-refractivity contribution in [2.45, 2.75) is 5.16 Å². The number of anilines is 1. The number of imidazole rings is 1. The lowest BCUT2D eigenvalue weighted by molar-refractivity contribution is 0.954.